The van der Waals surface area contributed by atoms with Gasteiger partial charge < -0.3 is 9.84 Å². The molecule has 0 atom stereocenters. The number of carbonyl (C=O) groups is 1. The number of rotatable bonds is 4. The Morgan fingerprint density at radius 2 is 2.33 bits per heavy atom. The zero-order valence-electron chi connectivity index (χ0n) is 9.63. The van der Waals surface area contributed by atoms with Crippen LogP contribution in [-0.2, 0) is 13.7 Å². The first-order chi connectivity index (χ1) is 8.56. The lowest BCUT2D eigenvalue weighted by Gasteiger charge is -2.04. The first-order valence-electron chi connectivity index (χ1n) is 5.20. The number of aryl methyl sites for hydroxylation is 1. The molecule has 0 aliphatic rings. The molecule has 2 aromatic rings. The molecule has 5 nitrogen and oxygen atoms in total. The summed E-state index contributed by atoms with van der Waals surface area (Å²) in [4.78, 5) is 10.9. The minimum Gasteiger partial charge on any atom is -0.477 e. The van der Waals surface area contributed by atoms with Crippen LogP contribution in [0.4, 0.5) is 0 Å². The summed E-state index contributed by atoms with van der Waals surface area (Å²) in [6, 6.07) is 7.16. The Balaban J connectivity index is 2.13. The van der Waals surface area contributed by atoms with Gasteiger partial charge in [0.2, 0.25) is 5.88 Å². The number of carboxylic acids is 1. The van der Waals surface area contributed by atoms with E-state index in [4.69, 9.17) is 21.4 Å². The van der Waals surface area contributed by atoms with Gasteiger partial charge >= 0.3 is 5.97 Å². The fourth-order valence-corrected chi connectivity index (χ4v) is 1.71. The van der Waals surface area contributed by atoms with Crippen LogP contribution in [0.3, 0.4) is 0 Å². The van der Waals surface area contributed by atoms with Crippen LogP contribution in [0.5, 0.6) is 5.88 Å². The topological polar surface area (TPSA) is 64.4 Å². The Bertz CT molecular complexity index is 580. The van der Waals surface area contributed by atoms with Crippen molar-refractivity contribution in [3.63, 3.8) is 0 Å². The molecule has 94 valence electrons. The third-order valence-electron chi connectivity index (χ3n) is 2.29. The van der Waals surface area contributed by atoms with Gasteiger partial charge in [0.05, 0.1) is 0 Å². The van der Waals surface area contributed by atoms with Gasteiger partial charge in [0.1, 0.15) is 12.2 Å². The number of aromatic carboxylic acids is 1. The standard InChI is InChI=1S/C12H11ClN2O3/c1-15-6-10(12(16)17)11(14-15)18-7-8-3-2-4-9(13)5-8/h2-6H,7H2,1H3,(H,16,17). The van der Waals surface area contributed by atoms with E-state index in [-0.39, 0.29) is 18.1 Å². The Labute approximate surface area is 109 Å². The van der Waals surface area contributed by atoms with Crippen LogP contribution < -0.4 is 4.74 Å². The van der Waals surface area contributed by atoms with E-state index < -0.39 is 5.97 Å². The lowest BCUT2D eigenvalue weighted by Crippen LogP contribution is -2.01. The smallest absolute Gasteiger partial charge is 0.342 e. The van der Waals surface area contributed by atoms with Crippen molar-refractivity contribution < 1.29 is 14.6 Å². The average Bonchev–Trinajstić information content (AvgIpc) is 2.68. The lowest BCUT2D eigenvalue weighted by atomic mass is 10.2. The van der Waals surface area contributed by atoms with Crippen LogP contribution in [0.2, 0.25) is 5.02 Å². The van der Waals surface area contributed by atoms with E-state index in [1.807, 2.05) is 6.07 Å². The summed E-state index contributed by atoms with van der Waals surface area (Å²) < 4.78 is 6.79. The molecule has 1 aromatic heterocycles. The third kappa shape index (κ3) is 2.81. The van der Waals surface area contributed by atoms with E-state index in [1.165, 1.54) is 10.9 Å². The molecule has 6 heteroatoms. The Hall–Kier alpha value is -2.01. The number of benzene rings is 1. The molecule has 0 spiro atoms. The van der Waals surface area contributed by atoms with Crippen LogP contribution in [0.25, 0.3) is 0 Å². The molecule has 0 saturated heterocycles. The van der Waals surface area contributed by atoms with Gasteiger partial charge in [-0.1, -0.05) is 23.7 Å². The van der Waals surface area contributed by atoms with Crippen LogP contribution in [0.1, 0.15) is 15.9 Å². The number of nitrogens with zero attached hydrogens (tertiary/aromatic N) is 2. The van der Waals surface area contributed by atoms with Gasteiger partial charge in [-0.05, 0) is 17.7 Å². The number of halogens is 1. The summed E-state index contributed by atoms with van der Waals surface area (Å²) in [6.45, 7) is 0.220. The number of hydrogen-bond donors (Lipinski definition) is 1. The zero-order valence-corrected chi connectivity index (χ0v) is 10.4. The number of aromatic nitrogens is 2. The molecule has 1 heterocycles. The minimum atomic E-state index is -1.07. The van der Waals surface area contributed by atoms with E-state index in [0.717, 1.165) is 5.56 Å². The van der Waals surface area contributed by atoms with E-state index >= 15 is 0 Å². The first-order valence-corrected chi connectivity index (χ1v) is 5.58. The summed E-state index contributed by atoms with van der Waals surface area (Å²) in [5, 5.41) is 13.5. The minimum absolute atomic E-state index is 0.0412. The van der Waals surface area contributed by atoms with Gasteiger partial charge in [-0.25, -0.2) is 4.79 Å². The molecule has 0 fully saturated rings. The molecular weight excluding hydrogens is 256 g/mol. The van der Waals surface area contributed by atoms with Gasteiger partial charge in [-0.3, -0.25) is 4.68 Å². The summed E-state index contributed by atoms with van der Waals surface area (Å²) in [5.41, 5.74) is 0.893. The van der Waals surface area contributed by atoms with Crippen molar-refractivity contribution in [2.45, 2.75) is 6.61 Å². The van der Waals surface area contributed by atoms with Gasteiger partial charge in [0.25, 0.3) is 0 Å². The predicted molar refractivity (Wildman–Crippen MR) is 66.0 cm³/mol. The van der Waals surface area contributed by atoms with Crippen molar-refractivity contribution in [1.29, 1.82) is 0 Å². The summed E-state index contributed by atoms with van der Waals surface area (Å²) >= 11 is 5.84. The SMILES string of the molecule is Cn1cc(C(=O)O)c(OCc2cccc(Cl)c2)n1. The van der Waals surface area contributed by atoms with Crippen LogP contribution in [-0.4, -0.2) is 20.9 Å². The van der Waals surface area contributed by atoms with Crippen LogP contribution in [0.15, 0.2) is 30.5 Å². The molecule has 0 radical (unpaired) electrons. The van der Waals surface area contributed by atoms with Crippen molar-refractivity contribution in [2.24, 2.45) is 7.05 Å². The maximum atomic E-state index is 10.9. The molecule has 0 aliphatic carbocycles. The van der Waals surface area contributed by atoms with Gasteiger partial charge in [-0.15, -0.1) is 5.10 Å². The fraction of sp³-hybridized carbons (Fsp3) is 0.167. The average molecular weight is 267 g/mol. The highest BCUT2D eigenvalue weighted by molar-refractivity contribution is 6.30. The fourth-order valence-electron chi connectivity index (χ4n) is 1.50. The molecule has 2 rings (SSSR count). The first kappa shape index (κ1) is 12.4. The highest BCUT2D eigenvalue weighted by Crippen LogP contribution is 2.18. The summed E-state index contributed by atoms with van der Waals surface area (Å²) in [7, 11) is 1.64. The predicted octanol–water partition coefficient (Wildman–Crippen LogP) is 2.35. The van der Waals surface area contributed by atoms with E-state index in [2.05, 4.69) is 5.10 Å². The van der Waals surface area contributed by atoms with Crippen molar-refractivity contribution >= 4 is 17.6 Å². The molecule has 18 heavy (non-hydrogen) atoms. The van der Waals surface area contributed by atoms with E-state index in [1.54, 1.807) is 25.2 Å². The number of ether oxygens (including phenoxy) is 1. The maximum Gasteiger partial charge on any atom is 0.342 e. The molecule has 0 amide bonds. The van der Waals surface area contributed by atoms with Crippen molar-refractivity contribution in [3.05, 3.63) is 46.6 Å². The quantitative estimate of drug-likeness (QED) is 0.923. The maximum absolute atomic E-state index is 10.9. The molecule has 1 aromatic carbocycles. The normalized spacial score (nSPS) is 10.3. The largest absolute Gasteiger partial charge is 0.477 e. The van der Waals surface area contributed by atoms with E-state index in [9.17, 15) is 4.79 Å². The second kappa shape index (κ2) is 5.10. The van der Waals surface area contributed by atoms with E-state index in [0.29, 0.717) is 5.02 Å². The second-order valence-electron chi connectivity index (χ2n) is 3.75. The molecule has 0 unspecified atom stereocenters. The molecule has 1 N–H and O–H groups in total. The van der Waals surface area contributed by atoms with Crippen LogP contribution >= 0.6 is 11.6 Å². The summed E-state index contributed by atoms with van der Waals surface area (Å²) in [6.07, 6.45) is 1.40. The molecule has 0 saturated carbocycles. The van der Waals surface area contributed by atoms with Crippen LogP contribution in [0, 0.1) is 0 Å². The summed E-state index contributed by atoms with van der Waals surface area (Å²) in [5.74, 6) is -0.964. The van der Waals surface area contributed by atoms with Crippen molar-refractivity contribution in [1.82, 2.24) is 9.78 Å². The van der Waals surface area contributed by atoms with Crippen molar-refractivity contribution in [3.8, 4) is 5.88 Å². The number of hydrogen-bond acceptors (Lipinski definition) is 3. The highest BCUT2D eigenvalue weighted by Gasteiger charge is 2.15. The molecule has 0 bridgehead atoms. The Morgan fingerprint density at radius 1 is 1.56 bits per heavy atom. The Kier molecular flexibility index (Phi) is 3.53. The monoisotopic (exact) mass is 266 g/mol. The van der Waals surface area contributed by atoms with Crippen molar-refractivity contribution in [2.75, 3.05) is 0 Å². The molecular formula is C12H11ClN2O3. The highest BCUT2D eigenvalue weighted by atomic mass is 35.5. The van der Waals surface area contributed by atoms with Gasteiger partial charge in [0, 0.05) is 18.3 Å². The lowest BCUT2D eigenvalue weighted by molar-refractivity contribution is 0.0691. The molecule has 0 aliphatic heterocycles. The Morgan fingerprint density at radius 3 is 3.00 bits per heavy atom. The van der Waals surface area contributed by atoms with Gasteiger partial charge in [0.15, 0.2) is 0 Å². The third-order valence-corrected chi connectivity index (χ3v) is 2.52. The van der Waals surface area contributed by atoms with Gasteiger partial charge in [-0.2, -0.15) is 0 Å². The number of carboxylic acid groups (broad SMARTS) is 1. The zero-order chi connectivity index (χ0) is 13.1. The second-order valence-corrected chi connectivity index (χ2v) is 4.18.